The number of benzene rings is 2. The van der Waals surface area contributed by atoms with Gasteiger partial charge in [0, 0.05) is 26.2 Å². The molecule has 0 unspecified atom stereocenters. The molecule has 0 saturated carbocycles. The molecule has 1 saturated heterocycles. The van der Waals surface area contributed by atoms with Gasteiger partial charge in [-0.3, -0.25) is 0 Å². The molecule has 1 fully saturated rings. The van der Waals surface area contributed by atoms with Crippen molar-refractivity contribution in [2.75, 3.05) is 13.1 Å². The Labute approximate surface area is 119 Å². The van der Waals surface area contributed by atoms with Crippen LogP contribution in [0.2, 0.25) is 0 Å². The van der Waals surface area contributed by atoms with Gasteiger partial charge in [-0.25, -0.2) is 4.79 Å². The summed E-state index contributed by atoms with van der Waals surface area (Å²) in [4.78, 5) is 16.2. The van der Waals surface area contributed by atoms with Gasteiger partial charge in [0.05, 0.1) is 0 Å². The van der Waals surface area contributed by atoms with E-state index in [2.05, 4.69) is 24.3 Å². The maximum Gasteiger partial charge on any atom is 0.320 e. The SMILES string of the molecule is O=C1N(Cc2ccccc2)CCN1Cc1ccccc1. The molecule has 0 N–H and O–H groups in total. The Kier molecular flexibility index (Phi) is 3.68. The van der Waals surface area contributed by atoms with Crippen LogP contribution in [0.5, 0.6) is 0 Å². The number of nitrogens with zero attached hydrogens (tertiary/aromatic N) is 2. The van der Waals surface area contributed by atoms with Crippen molar-refractivity contribution < 1.29 is 4.79 Å². The van der Waals surface area contributed by atoms with Gasteiger partial charge in [-0.05, 0) is 11.1 Å². The lowest BCUT2D eigenvalue weighted by Crippen LogP contribution is -2.31. The van der Waals surface area contributed by atoms with Crippen LogP contribution in [0.3, 0.4) is 0 Å². The van der Waals surface area contributed by atoms with E-state index in [1.54, 1.807) is 0 Å². The molecule has 20 heavy (non-hydrogen) atoms. The molecule has 2 aromatic carbocycles. The normalized spacial score (nSPS) is 14.9. The Morgan fingerprint density at radius 1 is 0.700 bits per heavy atom. The Hall–Kier alpha value is -2.29. The van der Waals surface area contributed by atoms with Crippen molar-refractivity contribution in [1.29, 1.82) is 0 Å². The van der Waals surface area contributed by atoms with Gasteiger partial charge in [-0.2, -0.15) is 0 Å². The highest BCUT2D eigenvalue weighted by Crippen LogP contribution is 2.16. The predicted molar refractivity (Wildman–Crippen MR) is 79.1 cm³/mol. The van der Waals surface area contributed by atoms with Crippen LogP contribution in [0.25, 0.3) is 0 Å². The van der Waals surface area contributed by atoms with Crippen molar-refractivity contribution in [2.45, 2.75) is 13.1 Å². The second-order valence-electron chi connectivity index (χ2n) is 5.10. The first kappa shape index (κ1) is 12.7. The Bertz CT molecular complexity index is 517. The minimum atomic E-state index is 0.137. The van der Waals surface area contributed by atoms with E-state index in [9.17, 15) is 4.79 Å². The van der Waals surface area contributed by atoms with Crippen molar-refractivity contribution >= 4 is 6.03 Å². The lowest BCUT2D eigenvalue weighted by Gasteiger charge is -2.18. The molecule has 3 heteroatoms. The number of carbonyl (C=O) groups is 1. The molecule has 102 valence electrons. The van der Waals surface area contributed by atoms with Crippen molar-refractivity contribution in [1.82, 2.24) is 9.80 Å². The van der Waals surface area contributed by atoms with Crippen molar-refractivity contribution in [3.63, 3.8) is 0 Å². The molecule has 2 amide bonds. The third kappa shape index (κ3) is 2.82. The molecule has 3 rings (SSSR count). The van der Waals surface area contributed by atoms with Gasteiger partial charge in [0.15, 0.2) is 0 Å². The summed E-state index contributed by atoms with van der Waals surface area (Å²) in [5.41, 5.74) is 2.37. The summed E-state index contributed by atoms with van der Waals surface area (Å²) in [5, 5.41) is 0. The second-order valence-corrected chi connectivity index (χ2v) is 5.10. The summed E-state index contributed by atoms with van der Waals surface area (Å²) in [6, 6.07) is 20.4. The summed E-state index contributed by atoms with van der Waals surface area (Å²) < 4.78 is 0. The number of carbonyl (C=O) groups excluding carboxylic acids is 1. The van der Waals surface area contributed by atoms with Gasteiger partial charge in [0.2, 0.25) is 0 Å². The third-order valence-corrected chi connectivity index (χ3v) is 3.61. The highest BCUT2D eigenvalue weighted by molar-refractivity contribution is 5.76. The average Bonchev–Trinajstić information content (AvgIpc) is 2.83. The van der Waals surface area contributed by atoms with Crippen LogP contribution in [-0.2, 0) is 13.1 Å². The molecule has 1 aliphatic rings. The highest BCUT2D eigenvalue weighted by Gasteiger charge is 2.27. The number of amides is 2. The quantitative estimate of drug-likeness (QED) is 0.834. The number of rotatable bonds is 4. The zero-order valence-electron chi connectivity index (χ0n) is 11.4. The largest absolute Gasteiger partial charge is 0.320 e. The Balaban J connectivity index is 1.62. The van der Waals surface area contributed by atoms with Crippen molar-refractivity contribution in [2.24, 2.45) is 0 Å². The molecule has 0 spiro atoms. The number of hydrogen-bond donors (Lipinski definition) is 0. The minimum Gasteiger partial charge on any atom is -0.319 e. The Morgan fingerprint density at radius 2 is 1.10 bits per heavy atom. The summed E-state index contributed by atoms with van der Waals surface area (Å²) in [7, 11) is 0. The van der Waals surface area contributed by atoms with Gasteiger partial charge in [0.1, 0.15) is 0 Å². The molecule has 0 radical (unpaired) electrons. The molecular formula is C17H18N2O. The Morgan fingerprint density at radius 3 is 1.50 bits per heavy atom. The van der Waals surface area contributed by atoms with Crippen LogP contribution in [0, 0.1) is 0 Å². The van der Waals surface area contributed by atoms with Crippen LogP contribution in [-0.4, -0.2) is 28.9 Å². The standard InChI is InChI=1S/C17H18N2O/c20-17-18(13-15-7-3-1-4-8-15)11-12-19(17)14-16-9-5-2-6-10-16/h1-10H,11-14H2. The molecular weight excluding hydrogens is 248 g/mol. The molecule has 1 aliphatic heterocycles. The smallest absolute Gasteiger partial charge is 0.319 e. The summed E-state index contributed by atoms with van der Waals surface area (Å²) in [6.45, 7) is 3.01. The summed E-state index contributed by atoms with van der Waals surface area (Å²) in [5.74, 6) is 0. The number of urea groups is 1. The molecule has 3 nitrogen and oxygen atoms in total. The van der Waals surface area contributed by atoms with Gasteiger partial charge in [-0.15, -0.1) is 0 Å². The fraction of sp³-hybridized carbons (Fsp3) is 0.235. The van der Waals surface area contributed by atoms with E-state index in [1.165, 1.54) is 11.1 Å². The zero-order chi connectivity index (χ0) is 13.8. The molecule has 0 bridgehead atoms. The van der Waals surface area contributed by atoms with E-state index < -0.39 is 0 Å². The first-order chi connectivity index (χ1) is 9.83. The van der Waals surface area contributed by atoms with Gasteiger partial charge in [0.25, 0.3) is 0 Å². The number of hydrogen-bond acceptors (Lipinski definition) is 1. The maximum absolute atomic E-state index is 12.4. The van der Waals surface area contributed by atoms with E-state index in [4.69, 9.17) is 0 Å². The summed E-state index contributed by atoms with van der Waals surface area (Å²) in [6.07, 6.45) is 0. The minimum absolute atomic E-state index is 0.137. The van der Waals surface area contributed by atoms with E-state index in [-0.39, 0.29) is 6.03 Å². The van der Waals surface area contributed by atoms with Gasteiger partial charge < -0.3 is 9.80 Å². The van der Waals surface area contributed by atoms with E-state index >= 15 is 0 Å². The van der Waals surface area contributed by atoms with Gasteiger partial charge >= 0.3 is 6.03 Å². The fourth-order valence-corrected chi connectivity index (χ4v) is 2.53. The van der Waals surface area contributed by atoms with E-state index in [1.807, 2.05) is 46.2 Å². The maximum atomic E-state index is 12.4. The highest BCUT2D eigenvalue weighted by atomic mass is 16.2. The van der Waals surface area contributed by atoms with E-state index in [0.717, 1.165) is 13.1 Å². The summed E-state index contributed by atoms with van der Waals surface area (Å²) >= 11 is 0. The monoisotopic (exact) mass is 266 g/mol. The first-order valence-electron chi connectivity index (χ1n) is 6.94. The topological polar surface area (TPSA) is 23.6 Å². The van der Waals surface area contributed by atoms with Crippen LogP contribution in [0.4, 0.5) is 4.79 Å². The van der Waals surface area contributed by atoms with Crippen LogP contribution in [0.1, 0.15) is 11.1 Å². The molecule has 2 aromatic rings. The van der Waals surface area contributed by atoms with Crippen LogP contribution < -0.4 is 0 Å². The molecule has 0 aromatic heterocycles. The van der Waals surface area contributed by atoms with Crippen LogP contribution >= 0.6 is 0 Å². The molecule has 1 heterocycles. The lowest BCUT2D eigenvalue weighted by molar-refractivity contribution is 0.189. The second kappa shape index (κ2) is 5.78. The van der Waals surface area contributed by atoms with Crippen LogP contribution in [0.15, 0.2) is 60.7 Å². The van der Waals surface area contributed by atoms with Crippen molar-refractivity contribution in [3.8, 4) is 0 Å². The van der Waals surface area contributed by atoms with Crippen molar-refractivity contribution in [3.05, 3.63) is 71.8 Å². The van der Waals surface area contributed by atoms with E-state index in [0.29, 0.717) is 13.1 Å². The lowest BCUT2D eigenvalue weighted by atomic mass is 10.2. The van der Waals surface area contributed by atoms with Gasteiger partial charge in [-0.1, -0.05) is 60.7 Å². The predicted octanol–water partition coefficient (Wildman–Crippen LogP) is 3.12. The zero-order valence-corrected chi connectivity index (χ0v) is 11.4. The third-order valence-electron chi connectivity index (χ3n) is 3.61. The molecule has 0 aliphatic carbocycles. The average molecular weight is 266 g/mol. The molecule has 0 atom stereocenters. The first-order valence-corrected chi connectivity index (χ1v) is 6.94. The fourth-order valence-electron chi connectivity index (χ4n) is 2.53.